The van der Waals surface area contributed by atoms with Gasteiger partial charge in [0.05, 0.1) is 21.2 Å². The predicted molar refractivity (Wildman–Crippen MR) is 82.1 cm³/mol. The molecule has 1 N–H and O–H groups in total. The van der Waals surface area contributed by atoms with E-state index >= 15 is 0 Å². The van der Waals surface area contributed by atoms with Crippen LogP contribution in [0.1, 0.15) is 25.8 Å². The zero-order valence-corrected chi connectivity index (χ0v) is 12.5. The summed E-state index contributed by atoms with van der Waals surface area (Å²) < 4.78 is 2.81. The van der Waals surface area contributed by atoms with Crippen molar-refractivity contribution in [1.82, 2.24) is 9.38 Å². The van der Waals surface area contributed by atoms with Crippen LogP contribution in [-0.2, 0) is 10.2 Å². The fourth-order valence-corrected chi connectivity index (χ4v) is 3.35. The van der Waals surface area contributed by atoms with Crippen molar-refractivity contribution in [3.05, 3.63) is 46.4 Å². The summed E-state index contributed by atoms with van der Waals surface area (Å²) in [5.41, 5.74) is -0.546. The first-order valence-electron chi connectivity index (χ1n) is 6.62. The van der Waals surface area contributed by atoms with E-state index in [-0.39, 0.29) is 5.56 Å². The molecule has 1 atom stereocenters. The van der Waals surface area contributed by atoms with E-state index in [9.17, 15) is 14.7 Å². The molecule has 21 heavy (non-hydrogen) atoms. The highest BCUT2D eigenvalue weighted by Crippen LogP contribution is 2.29. The monoisotopic (exact) mass is 302 g/mol. The molecular weight excluding hydrogens is 288 g/mol. The highest BCUT2D eigenvalue weighted by atomic mass is 32.1. The molecule has 0 fully saturated rings. The van der Waals surface area contributed by atoms with Crippen molar-refractivity contribution >= 4 is 32.5 Å². The third kappa shape index (κ3) is 1.94. The predicted octanol–water partition coefficient (Wildman–Crippen LogP) is 2.66. The van der Waals surface area contributed by atoms with E-state index in [0.29, 0.717) is 11.4 Å². The van der Waals surface area contributed by atoms with Crippen LogP contribution in [0.2, 0.25) is 0 Å². The second-order valence-corrected chi connectivity index (χ2v) is 6.18. The fourth-order valence-electron chi connectivity index (χ4n) is 2.36. The number of aromatic nitrogens is 2. The molecule has 1 unspecified atom stereocenters. The molecule has 108 valence electrons. The van der Waals surface area contributed by atoms with E-state index in [1.165, 1.54) is 11.3 Å². The average Bonchev–Trinajstić information content (AvgIpc) is 2.82. The van der Waals surface area contributed by atoms with Gasteiger partial charge in [0.2, 0.25) is 0 Å². The maximum Gasteiger partial charge on any atom is 0.314 e. The summed E-state index contributed by atoms with van der Waals surface area (Å²) in [6.45, 7) is 3.32. The zero-order valence-electron chi connectivity index (χ0n) is 11.7. The molecule has 0 amide bonds. The normalized spacial score (nSPS) is 14.4. The molecule has 3 rings (SSSR count). The van der Waals surface area contributed by atoms with E-state index in [0.717, 1.165) is 10.2 Å². The van der Waals surface area contributed by atoms with Crippen LogP contribution in [0.5, 0.6) is 0 Å². The number of rotatable bonds is 3. The molecule has 0 aliphatic carbocycles. The van der Waals surface area contributed by atoms with Crippen LogP contribution in [0.15, 0.2) is 35.3 Å². The van der Waals surface area contributed by atoms with Gasteiger partial charge in [-0.3, -0.25) is 14.0 Å². The molecule has 0 saturated carbocycles. The number of fused-ring (bicyclic) bond motifs is 3. The number of aliphatic carboxylic acids is 1. The molecule has 0 aliphatic heterocycles. The maximum absolute atomic E-state index is 12.2. The third-order valence-electron chi connectivity index (χ3n) is 3.99. The number of carbonyl (C=O) groups is 1. The van der Waals surface area contributed by atoms with Crippen molar-refractivity contribution in [1.29, 1.82) is 0 Å². The molecule has 0 bridgehead atoms. The molecule has 0 saturated heterocycles. The van der Waals surface area contributed by atoms with Crippen molar-refractivity contribution in [3.63, 3.8) is 0 Å². The van der Waals surface area contributed by atoms with Crippen molar-refractivity contribution in [2.24, 2.45) is 0 Å². The minimum Gasteiger partial charge on any atom is -0.481 e. The van der Waals surface area contributed by atoms with Gasteiger partial charge < -0.3 is 5.11 Å². The van der Waals surface area contributed by atoms with Crippen LogP contribution in [0.25, 0.3) is 15.2 Å². The largest absolute Gasteiger partial charge is 0.481 e. The Morgan fingerprint density at radius 1 is 1.43 bits per heavy atom. The molecule has 2 aromatic heterocycles. The SMILES string of the molecule is CCC(C)(C(=O)O)c1cn2c(nc1=O)sc1ccccc12. The minimum atomic E-state index is -1.23. The number of thiazole rings is 1. The van der Waals surface area contributed by atoms with E-state index in [4.69, 9.17) is 0 Å². The fraction of sp³-hybridized carbons (Fsp3) is 0.267. The van der Waals surface area contributed by atoms with Crippen molar-refractivity contribution < 1.29 is 9.90 Å². The van der Waals surface area contributed by atoms with Gasteiger partial charge in [-0.15, -0.1) is 0 Å². The lowest BCUT2D eigenvalue weighted by Gasteiger charge is -2.22. The Labute approximate surface area is 124 Å². The Kier molecular flexibility index (Phi) is 3.06. The third-order valence-corrected chi connectivity index (χ3v) is 5.03. The average molecular weight is 302 g/mol. The number of nitrogens with zero attached hydrogens (tertiary/aromatic N) is 2. The number of hydrogen-bond donors (Lipinski definition) is 1. The summed E-state index contributed by atoms with van der Waals surface area (Å²) in [7, 11) is 0. The summed E-state index contributed by atoms with van der Waals surface area (Å²) in [5, 5.41) is 9.47. The summed E-state index contributed by atoms with van der Waals surface area (Å²) >= 11 is 1.42. The van der Waals surface area contributed by atoms with E-state index in [1.54, 1.807) is 24.4 Å². The van der Waals surface area contributed by atoms with Gasteiger partial charge in [-0.2, -0.15) is 4.98 Å². The molecule has 5 nitrogen and oxygen atoms in total. The molecule has 0 radical (unpaired) electrons. The molecule has 0 spiro atoms. The van der Waals surface area contributed by atoms with Crippen LogP contribution in [-0.4, -0.2) is 20.5 Å². The molecule has 6 heteroatoms. The maximum atomic E-state index is 12.2. The van der Waals surface area contributed by atoms with Gasteiger partial charge in [0, 0.05) is 6.20 Å². The number of carboxylic acids is 1. The van der Waals surface area contributed by atoms with Gasteiger partial charge in [0.1, 0.15) is 0 Å². The number of benzene rings is 1. The Morgan fingerprint density at radius 2 is 2.14 bits per heavy atom. The second kappa shape index (κ2) is 4.66. The minimum absolute atomic E-state index is 0.221. The Bertz CT molecular complexity index is 912. The number of para-hydroxylation sites is 1. The number of carboxylic acid groups (broad SMARTS) is 1. The lowest BCUT2D eigenvalue weighted by Crippen LogP contribution is -2.37. The highest BCUT2D eigenvalue weighted by Gasteiger charge is 2.36. The van der Waals surface area contributed by atoms with Gasteiger partial charge >= 0.3 is 5.97 Å². The van der Waals surface area contributed by atoms with Crippen LogP contribution < -0.4 is 5.56 Å². The summed E-state index contributed by atoms with van der Waals surface area (Å²) in [6, 6.07) is 7.71. The van der Waals surface area contributed by atoms with Gasteiger partial charge in [-0.25, -0.2) is 0 Å². The molecule has 2 heterocycles. The quantitative estimate of drug-likeness (QED) is 0.807. The van der Waals surface area contributed by atoms with E-state index in [2.05, 4.69) is 4.98 Å². The second-order valence-electron chi connectivity index (χ2n) is 5.17. The molecule has 3 aromatic rings. The van der Waals surface area contributed by atoms with E-state index in [1.807, 2.05) is 24.3 Å². The van der Waals surface area contributed by atoms with E-state index < -0.39 is 16.9 Å². The standard InChI is InChI=1S/C15H14N2O3S/c1-3-15(2,13(19)20)9-8-17-10-6-4-5-7-11(10)21-14(17)16-12(9)18/h4-8H,3H2,1-2H3,(H,19,20). The topological polar surface area (TPSA) is 71.7 Å². The Balaban J connectivity index is 2.39. The summed E-state index contributed by atoms with van der Waals surface area (Å²) in [4.78, 5) is 28.5. The summed E-state index contributed by atoms with van der Waals surface area (Å²) in [6.07, 6.45) is 1.95. The van der Waals surface area contributed by atoms with Gasteiger partial charge in [-0.1, -0.05) is 30.4 Å². The van der Waals surface area contributed by atoms with Crippen LogP contribution >= 0.6 is 11.3 Å². The Hall–Kier alpha value is -2.21. The van der Waals surface area contributed by atoms with Gasteiger partial charge in [0.25, 0.3) is 5.56 Å². The first-order chi connectivity index (χ1) is 9.97. The molecular formula is C15H14N2O3S. The summed E-state index contributed by atoms with van der Waals surface area (Å²) in [5.74, 6) is -1.01. The Morgan fingerprint density at radius 3 is 2.81 bits per heavy atom. The lowest BCUT2D eigenvalue weighted by molar-refractivity contribution is -0.143. The van der Waals surface area contributed by atoms with Crippen molar-refractivity contribution in [2.75, 3.05) is 0 Å². The van der Waals surface area contributed by atoms with Gasteiger partial charge in [0.15, 0.2) is 4.96 Å². The highest BCUT2D eigenvalue weighted by molar-refractivity contribution is 7.23. The zero-order chi connectivity index (χ0) is 15.2. The van der Waals surface area contributed by atoms with Crippen molar-refractivity contribution in [3.8, 4) is 0 Å². The molecule has 0 aliphatic rings. The van der Waals surface area contributed by atoms with Crippen LogP contribution in [0, 0.1) is 0 Å². The molecule has 1 aromatic carbocycles. The van der Waals surface area contributed by atoms with Gasteiger partial charge in [-0.05, 0) is 25.5 Å². The first kappa shape index (κ1) is 13.8. The smallest absolute Gasteiger partial charge is 0.314 e. The first-order valence-corrected chi connectivity index (χ1v) is 7.44. The van der Waals surface area contributed by atoms with Crippen LogP contribution in [0.3, 0.4) is 0 Å². The number of hydrogen-bond acceptors (Lipinski definition) is 4. The van der Waals surface area contributed by atoms with Crippen LogP contribution in [0.4, 0.5) is 0 Å². The lowest BCUT2D eigenvalue weighted by atomic mass is 9.81. The van der Waals surface area contributed by atoms with Crippen molar-refractivity contribution in [2.45, 2.75) is 25.7 Å².